The number of hydrazone groups is 1. The number of nitrogens with zero attached hydrogens (tertiary/aromatic N) is 3. The van der Waals surface area contributed by atoms with Crippen molar-refractivity contribution in [2.24, 2.45) is 5.10 Å². The van der Waals surface area contributed by atoms with Crippen molar-refractivity contribution < 1.29 is 18.1 Å². The van der Waals surface area contributed by atoms with E-state index in [2.05, 4.69) is 10.5 Å². The van der Waals surface area contributed by atoms with Gasteiger partial charge in [-0.1, -0.05) is 41.9 Å². The number of likely N-dealkylation sites (N-methyl/N-ethyl adjacent to an activating group) is 1. The topological polar surface area (TPSA) is 122 Å². The minimum atomic E-state index is -3.90. The molecule has 0 aliphatic rings. The minimum absolute atomic E-state index is 0.0633. The van der Waals surface area contributed by atoms with Crippen molar-refractivity contribution in [1.82, 2.24) is 9.73 Å². The summed E-state index contributed by atoms with van der Waals surface area (Å²) in [7, 11) is -2.62. The van der Waals surface area contributed by atoms with Gasteiger partial charge in [-0.15, -0.1) is 0 Å². The van der Waals surface area contributed by atoms with E-state index < -0.39 is 27.4 Å². The van der Waals surface area contributed by atoms with E-state index in [0.717, 1.165) is 21.3 Å². The van der Waals surface area contributed by atoms with Crippen molar-refractivity contribution in [3.8, 4) is 0 Å². The van der Waals surface area contributed by atoms with Gasteiger partial charge in [-0.25, -0.2) is 13.8 Å². The maximum absolute atomic E-state index is 12.8. The molecule has 31 heavy (non-hydrogen) atoms. The first-order valence-electron chi connectivity index (χ1n) is 8.89. The molecule has 0 aliphatic carbocycles. The SMILES string of the molecule is CN(CC(=O)N/N=C\c1cc([N+](=O)[O-])ccc1Cl)S(=O)(=O)c1ccc2ccccc2c1. The van der Waals surface area contributed by atoms with E-state index >= 15 is 0 Å². The van der Waals surface area contributed by atoms with Gasteiger partial charge in [0.2, 0.25) is 10.0 Å². The van der Waals surface area contributed by atoms with Crippen molar-refractivity contribution in [1.29, 1.82) is 0 Å². The predicted molar refractivity (Wildman–Crippen MR) is 118 cm³/mol. The molecule has 0 fully saturated rings. The van der Waals surface area contributed by atoms with Gasteiger partial charge in [0, 0.05) is 29.8 Å². The summed E-state index contributed by atoms with van der Waals surface area (Å²) in [6, 6.07) is 15.8. The zero-order valence-electron chi connectivity index (χ0n) is 16.2. The standard InChI is InChI=1S/C20H17ClN4O5S/c1-24(31(29,30)18-8-6-14-4-2-3-5-15(14)11-18)13-20(26)23-22-12-16-10-17(25(27)28)7-9-19(16)21/h2-12H,13H2,1H3,(H,23,26)/b22-12-. The smallest absolute Gasteiger partial charge is 0.270 e. The number of benzene rings is 3. The van der Waals surface area contributed by atoms with E-state index in [1.165, 1.54) is 31.3 Å². The van der Waals surface area contributed by atoms with Gasteiger partial charge in [0.25, 0.3) is 11.6 Å². The molecule has 0 bridgehead atoms. The van der Waals surface area contributed by atoms with Crippen LogP contribution in [0.1, 0.15) is 5.56 Å². The molecule has 0 unspecified atom stereocenters. The van der Waals surface area contributed by atoms with Gasteiger partial charge in [0.1, 0.15) is 0 Å². The second kappa shape index (κ2) is 9.21. The van der Waals surface area contributed by atoms with Crippen LogP contribution in [0.2, 0.25) is 5.02 Å². The maximum atomic E-state index is 12.8. The number of carbonyl (C=O) groups is 1. The number of sulfonamides is 1. The monoisotopic (exact) mass is 460 g/mol. The van der Waals surface area contributed by atoms with Gasteiger partial charge >= 0.3 is 0 Å². The lowest BCUT2D eigenvalue weighted by molar-refractivity contribution is -0.384. The third-order valence-corrected chi connectivity index (χ3v) is 6.52. The van der Waals surface area contributed by atoms with Gasteiger partial charge in [-0.3, -0.25) is 14.9 Å². The van der Waals surface area contributed by atoms with Crippen LogP contribution in [-0.2, 0) is 14.8 Å². The predicted octanol–water partition coefficient (Wildman–Crippen LogP) is 3.17. The molecule has 0 saturated carbocycles. The quantitative estimate of drug-likeness (QED) is 0.329. The molecule has 0 spiro atoms. The van der Waals surface area contributed by atoms with Gasteiger partial charge < -0.3 is 0 Å². The van der Waals surface area contributed by atoms with Crippen LogP contribution >= 0.6 is 11.6 Å². The summed E-state index contributed by atoms with van der Waals surface area (Å²) >= 11 is 5.96. The van der Waals surface area contributed by atoms with Gasteiger partial charge in [-0.05, 0) is 29.0 Å². The minimum Gasteiger partial charge on any atom is -0.272 e. The Labute approximate surface area is 183 Å². The number of nitro benzene ring substituents is 1. The van der Waals surface area contributed by atoms with Crippen molar-refractivity contribution in [3.63, 3.8) is 0 Å². The first-order chi connectivity index (χ1) is 14.7. The highest BCUT2D eigenvalue weighted by Crippen LogP contribution is 2.22. The third-order valence-electron chi connectivity index (χ3n) is 4.38. The Balaban J connectivity index is 1.67. The molecule has 0 heterocycles. The highest BCUT2D eigenvalue weighted by molar-refractivity contribution is 7.89. The molecule has 0 aromatic heterocycles. The van der Waals surface area contributed by atoms with Gasteiger partial charge in [0.15, 0.2) is 0 Å². The molecule has 9 nitrogen and oxygen atoms in total. The van der Waals surface area contributed by atoms with Crippen LogP contribution in [0.4, 0.5) is 5.69 Å². The number of non-ortho nitro benzene ring substituents is 1. The lowest BCUT2D eigenvalue weighted by Crippen LogP contribution is -2.36. The summed E-state index contributed by atoms with van der Waals surface area (Å²) in [6.07, 6.45) is 1.14. The number of hydrogen-bond acceptors (Lipinski definition) is 6. The molecular formula is C20H17ClN4O5S. The van der Waals surface area contributed by atoms with Gasteiger partial charge in [-0.2, -0.15) is 9.41 Å². The highest BCUT2D eigenvalue weighted by Gasteiger charge is 2.23. The van der Waals surface area contributed by atoms with E-state index in [0.29, 0.717) is 0 Å². The highest BCUT2D eigenvalue weighted by atomic mass is 35.5. The van der Waals surface area contributed by atoms with E-state index in [-0.39, 0.29) is 21.2 Å². The molecular weight excluding hydrogens is 444 g/mol. The van der Waals surface area contributed by atoms with Crippen LogP contribution in [0.15, 0.2) is 70.7 Å². The number of rotatable bonds is 7. The zero-order valence-corrected chi connectivity index (χ0v) is 17.8. The molecule has 160 valence electrons. The fraction of sp³-hybridized carbons (Fsp3) is 0.100. The molecule has 0 saturated heterocycles. The lowest BCUT2D eigenvalue weighted by Gasteiger charge is -2.16. The molecule has 0 radical (unpaired) electrons. The van der Waals surface area contributed by atoms with Gasteiger partial charge in [0.05, 0.1) is 22.6 Å². The average Bonchev–Trinajstić information content (AvgIpc) is 2.74. The van der Waals surface area contributed by atoms with E-state index in [4.69, 9.17) is 11.6 Å². The molecule has 1 N–H and O–H groups in total. The molecule has 0 aliphatic heterocycles. The van der Waals surface area contributed by atoms with E-state index in [9.17, 15) is 23.3 Å². The van der Waals surface area contributed by atoms with Crippen LogP contribution < -0.4 is 5.43 Å². The Kier molecular flexibility index (Phi) is 6.64. The Bertz CT molecular complexity index is 1290. The average molecular weight is 461 g/mol. The molecule has 1 amide bonds. The fourth-order valence-electron chi connectivity index (χ4n) is 2.75. The van der Waals surface area contributed by atoms with Crippen LogP contribution in [-0.4, -0.2) is 43.4 Å². The van der Waals surface area contributed by atoms with E-state index in [1.54, 1.807) is 18.2 Å². The third kappa shape index (κ3) is 5.23. The second-order valence-corrected chi connectivity index (χ2v) is 8.98. The summed E-state index contributed by atoms with van der Waals surface area (Å²) in [5, 5.41) is 16.4. The number of hydrogen-bond donors (Lipinski definition) is 1. The summed E-state index contributed by atoms with van der Waals surface area (Å²) in [4.78, 5) is 22.4. The largest absolute Gasteiger partial charge is 0.272 e. The molecule has 0 atom stereocenters. The Hall–Kier alpha value is -3.34. The molecule has 3 aromatic carbocycles. The number of fused-ring (bicyclic) bond motifs is 1. The second-order valence-electron chi connectivity index (χ2n) is 6.53. The Morgan fingerprint density at radius 3 is 2.58 bits per heavy atom. The van der Waals surface area contributed by atoms with Crippen molar-refractivity contribution in [2.45, 2.75) is 4.90 Å². The molecule has 3 aromatic rings. The normalized spacial score (nSPS) is 11.8. The fourth-order valence-corrected chi connectivity index (χ4v) is 4.08. The molecule has 3 rings (SSSR count). The van der Waals surface area contributed by atoms with Crippen LogP contribution in [0, 0.1) is 10.1 Å². The first-order valence-corrected chi connectivity index (χ1v) is 10.7. The van der Waals surface area contributed by atoms with E-state index in [1.807, 2.05) is 18.2 Å². The maximum Gasteiger partial charge on any atom is 0.270 e. The number of nitrogens with one attached hydrogen (secondary N) is 1. The van der Waals surface area contributed by atoms with Crippen molar-refractivity contribution >= 4 is 50.2 Å². The summed E-state index contributed by atoms with van der Waals surface area (Å²) in [5.41, 5.74) is 2.23. The van der Waals surface area contributed by atoms with Crippen LogP contribution in [0.5, 0.6) is 0 Å². The summed E-state index contributed by atoms with van der Waals surface area (Å²) < 4.78 is 26.5. The summed E-state index contributed by atoms with van der Waals surface area (Å²) in [6.45, 7) is -0.477. The zero-order chi connectivity index (χ0) is 22.6. The number of nitro groups is 1. The summed E-state index contributed by atoms with van der Waals surface area (Å²) in [5.74, 6) is -0.690. The number of halogens is 1. The van der Waals surface area contributed by atoms with Crippen LogP contribution in [0.25, 0.3) is 10.8 Å². The number of amides is 1. The lowest BCUT2D eigenvalue weighted by atomic mass is 10.1. The van der Waals surface area contributed by atoms with Crippen molar-refractivity contribution in [2.75, 3.05) is 13.6 Å². The number of carbonyl (C=O) groups excluding carboxylic acids is 1. The Morgan fingerprint density at radius 2 is 1.87 bits per heavy atom. The molecule has 11 heteroatoms. The first kappa shape index (κ1) is 22.3. The Morgan fingerprint density at radius 1 is 1.16 bits per heavy atom. The van der Waals surface area contributed by atoms with Crippen LogP contribution in [0.3, 0.4) is 0 Å². The van der Waals surface area contributed by atoms with Crippen molar-refractivity contribution in [3.05, 3.63) is 81.4 Å².